The summed E-state index contributed by atoms with van der Waals surface area (Å²) in [6, 6.07) is 6.23. The van der Waals surface area contributed by atoms with Crippen LogP contribution in [0, 0.1) is 0 Å². The summed E-state index contributed by atoms with van der Waals surface area (Å²) >= 11 is 0. The van der Waals surface area contributed by atoms with Gasteiger partial charge in [-0.15, -0.1) is 0 Å². The number of ether oxygens (including phenoxy) is 1. The first kappa shape index (κ1) is 13.0. The number of carboxylic acid groups (broad SMARTS) is 1. The van der Waals surface area contributed by atoms with Gasteiger partial charge in [-0.2, -0.15) is 0 Å². The largest absolute Gasteiger partial charge is 0.483 e. The van der Waals surface area contributed by atoms with Gasteiger partial charge in [0.1, 0.15) is 11.3 Å². The van der Waals surface area contributed by atoms with E-state index in [0.29, 0.717) is 0 Å². The first-order valence-corrected chi connectivity index (χ1v) is 5.25. The summed E-state index contributed by atoms with van der Waals surface area (Å²) in [6.45, 7) is 3.48. The number of carbonyl (C=O) groups is 2. The van der Waals surface area contributed by atoms with Crippen LogP contribution in [0.15, 0.2) is 24.3 Å². The van der Waals surface area contributed by atoms with Crippen molar-refractivity contribution in [3.05, 3.63) is 29.8 Å². The zero-order valence-corrected chi connectivity index (χ0v) is 9.77. The van der Waals surface area contributed by atoms with Gasteiger partial charge in [0.2, 0.25) is 0 Å². The Morgan fingerprint density at radius 3 is 2.59 bits per heavy atom. The number of aromatic carboxylic acids is 1. The van der Waals surface area contributed by atoms with Crippen molar-refractivity contribution in [3.8, 4) is 5.75 Å². The fourth-order valence-corrected chi connectivity index (χ4v) is 1.28. The number of para-hydroxylation sites is 1. The molecular formula is C12H15NO4. The maximum atomic E-state index is 11.3. The van der Waals surface area contributed by atoms with Crippen LogP contribution >= 0.6 is 0 Å². The van der Waals surface area contributed by atoms with Crippen LogP contribution in [0.2, 0.25) is 0 Å². The summed E-state index contributed by atoms with van der Waals surface area (Å²) in [4.78, 5) is 22.2. The van der Waals surface area contributed by atoms with Crippen LogP contribution in [-0.2, 0) is 4.79 Å². The highest BCUT2D eigenvalue weighted by Gasteiger charge is 2.11. The van der Waals surface area contributed by atoms with E-state index in [4.69, 9.17) is 9.84 Å². The molecule has 1 aromatic rings. The van der Waals surface area contributed by atoms with Gasteiger partial charge in [-0.1, -0.05) is 12.1 Å². The molecule has 0 fully saturated rings. The van der Waals surface area contributed by atoms with Crippen LogP contribution in [-0.4, -0.2) is 29.6 Å². The minimum absolute atomic E-state index is 0.0285. The van der Waals surface area contributed by atoms with Crippen molar-refractivity contribution in [3.63, 3.8) is 0 Å². The first-order valence-electron chi connectivity index (χ1n) is 5.25. The van der Waals surface area contributed by atoms with Gasteiger partial charge in [-0.3, -0.25) is 4.79 Å². The lowest BCUT2D eigenvalue weighted by Gasteiger charge is -2.11. The molecule has 92 valence electrons. The Kier molecular flexibility index (Phi) is 4.51. The summed E-state index contributed by atoms with van der Waals surface area (Å²) < 4.78 is 5.17. The zero-order valence-electron chi connectivity index (χ0n) is 9.77. The molecule has 5 nitrogen and oxygen atoms in total. The minimum atomic E-state index is -1.08. The summed E-state index contributed by atoms with van der Waals surface area (Å²) in [6.07, 6.45) is 0. The predicted molar refractivity (Wildman–Crippen MR) is 62.2 cm³/mol. The Labute approximate surface area is 99.4 Å². The number of nitrogens with one attached hydrogen (secondary N) is 1. The molecule has 0 saturated carbocycles. The molecular weight excluding hydrogens is 222 g/mol. The van der Waals surface area contributed by atoms with E-state index in [9.17, 15) is 9.59 Å². The third kappa shape index (κ3) is 4.14. The molecule has 1 amide bonds. The van der Waals surface area contributed by atoms with Gasteiger partial charge in [0.05, 0.1) is 0 Å². The highest BCUT2D eigenvalue weighted by molar-refractivity contribution is 5.91. The number of rotatable bonds is 5. The molecule has 0 aliphatic carbocycles. The van der Waals surface area contributed by atoms with Gasteiger partial charge in [-0.05, 0) is 26.0 Å². The fourth-order valence-electron chi connectivity index (χ4n) is 1.28. The second-order valence-electron chi connectivity index (χ2n) is 3.81. The van der Waals surface area contributed by atoms with Gasteiger partial charge in [0, 0.05) is 6.04 Å². The Hall–Kier alpha value is -2.04. The van der Waals surface area contributed by atoms with Crippen molar-refractivity contribution in [1.82, 2.24) is 5.32 Å². The van der Waals surface area contributed by atoms with Crippen LogP contribution in [0.1, 0.15) is 24.2 Å². The van der Waals surface area contributed by atoms with Gasteiger partial charge in [0.15, 0.2) is 6.61 Å². The van der Waals surface area contributed by atoms with Crippen molar-refractivity contribution >= 4 is 11.9 Å². The maximum absolute atomic E-state index is 11.3. The molecule has 1 rings (SSSR count). The van der Waals surface area contributed by atoms with E-state index in [1.54, 1.807) is 12.1 Å². The average Bonchev–Trinajstić information content (AvgIpc) is 2.25. The highest BCUT2D eigenvalue weighted by Crippen LogP contribution is 2.17. The van der Waals surface area contributed by atoms with Crippen LogP contribution in [0.4, 0.5) is 0 Å². The highest BCUT2D eigenvalue weighted by atomic mass is 16.5. The summed E-state index contributed by atoms with van der Waals surface area (Å²) in [5.74, 6) is -1.16. The lowest BCUT2D eigenvalue weighted by atomic mass is 10.2. The lowest BCUT2D eigenvalue weighted by Crippen LogP contribution is -2.34. The van der Waals surface area contributed by atoms with E-state index in [2.05, 4.69) is 5.32 Å². The lowest BCUT2D eigenvalue weighted by molar-refractivity contribution is -0.123. The van der Waals surface area contributed by atoms with Gasteiger partial charge in [-0.25, -0.2) is 4.79 Å². The fraction of sp³-hybridized carbons (Fsp3) is 0.333. The number of hydrogen-bond donors (Lipinski definition) is 2. The molecule has 0 aromatic heterocycles. The Morgan fingerprint density at radius 2 is 2.00 bits per heavy atom. The SMILES string of the molecule is CC(C)NC(=O)COc1ccccc1C(=O)O. The van der Waals surface area contributed by atoms with Crippen LogP contribution in [0.5, 0.6) is 5.75 Å². The molecule has 0 spiro atoms. The third-order valence-electron chi connectivity index (χ3n) is 1.93. The standard InChI is InChI=1S/C12H15NO4/c1-8(2)13-11(14)7-17-10-6-4-3-5-9(10)12(15)16/h3-6,8H,7H2,1-2H3,(H,13,14)(H,15,16). The second-order valence-corrected chi connectivity index (χ2v) is 3.81. The van der Waals surface area contributed by atoms with E-state index in [1.807, 2.05) is 13.8 Å². The van der Waals surface area contributed by atoms with E-state index in [-0.39, 0.29) is 29.9 Å². The average molecular weight is 237 g/mol. The van der Waals surface area contributed by atoms with Crippen LogP contribution < -0.4 is 10.1 Å². The van der Waals surface area contributed by atoms with Crippen molar-refractivity contribution in [2.45, 2.75) is 19.9 Å². The molecule has 0 saturated heterocycles. The predicted octanol–water partition coefficient (Wildman–Crippen LogP) is 1.29. The van der Waals surface area contributed by atoms with Crippen molar-refractivity contribution < 1.29 is 19.4 Å². The molecule has 0 heterocycles. The molecule has 17 heavy (non-hydrogen) atoms. The molecule has 0 radical (unpaired) electrons. The number of hydrogen-bond acceptors (Lipinski definition) is 3. The number of amides is 1. The number of carbonyl (C=O) groups excluding carboxylic acids is 1. The summed E-state index contributed by atoms with van der Waals surface area (Å²) in [5.41, 5.74) is 0.0462. The van der Waals surface area contributed by atoms with Gasteiger partial charge < -0.3 is 15.2 Å². The minimum Gasteiger partial charge on any atom is -0.483 e. The Morgan fingerprint density at radius 1 is 1.35 bits per heavy atom. The molecule has 0 aliphatic heterocycles. The van der Waals surface area contributed by atoms with Gasteiger partial charge >= 0.3 is 5.97 Å². The van der Waals surface area contributed by atoms with E-state index < -0.39 is 5.97 Å². The molecule has 2 N–H and O–H groups in total. The smallest absolute Gasteiger partial charge is 0.339 e. The van der Waals surface area contributed by atoms with Crippen molar-refractivity contribution in [2.75, 3.05) is 6.61 Å². The van der Waals surface area contributed by atoms with Crippen molar-refractivity contribution in [2.24, 2.45) is 0 Å². The van der Waals surface area contributed by atoms with Crippen molar-refractivity contribution in [1.29, 1.82) is 0 Å². The number of carboxylic acids is 1. The molecule has 5 heteroatoms. The molecule has 0 bridgehead atoms. The summed E-state index contributed by atoms with van der Waals surface area (Å²) in [5, 5.41) is 11.5. The Bertz CT molecular complexity index is 415. The van der Waals surface area contributed by atoms with E-state index in [1.165, 1.54) is 12.1 Å². The third-order valence-corrected chi connectivity index (χ3v) is 1.93. The maximum Gasteiger partial charge on any atom is 0.339 e. The van der Waals surface area contributed by atoms with E-state index >= 15 is 0 Å². The van der Waals surface area contributed by atoms with Crippen LogP contribution in [0.3, 0.4) is 0 Å². The second kappa shape index (κ2) is 5.89. The Balaban J connectivity index is 2.63. The topological polar surface area (TPSA) is 75.6 Å². The van der Waals surface area contributed by atoms with Crippen LogP contribution in [0.25, 0.3) is 0 Å². The molecule has 0 atom stereocenters. The van der Waals surface area contributed by atoms with E-state index in [0.717, 1.165) is 0 Å². The zero-order chi connectivity index (χ0) is 12.8. The summed E-state index contributed by atoms with van der Waals surface area (Å²) in [7, 11) is 0. The molecule has 0 aliphatic rings. The normalized spacial score (nSPS) is 10.1. The molecule has 0 unspecified atom stereocenters. The monoisotopic (exact) mass is 237 g/mol. The quantitative estimate of drug-likeness (QED) is 0.809. The van der Waals surface area contributed by atoms with Gasteiger partial charge in [0.25, 0.3) is 5.91 Å². The first-order chi connectivity index (χ1) is 8.00. The molecule has 1 aromatic carbocycles. The number of benzene rings is 1.